The summed E-state index contributed by atoms with van der Waals surface area (Å²) in [6.45, 7) is 2.94. The van der Waals surface area contributed by atoms with Crippen LogP contribution in [0.5, 0.6) is 0 Å². The fourth-order valence-electron chi connectivity index (χ4n) is 1.84. The van der Waals surface area contributed by atoms with Crippen molar-refractivity contribution in [1.82, 2.24) is 15.3 Å². The Morgan fingerprint density at radius 2 is 2.35 bits per heavy atom. The van der Waals surface area contributed by atoms with Gasteiger partial charge in [-0.1, -0.05) is 30.7 Å². The minimum atomic E-state index is 0.317. The molecule has 17 heavy (non-hydrogen) atoms. The lowest BCUT2D eigenvalue weighted by Crippen LogP contribution is -2.20. The molecule has 0 radical (unpaired) electrons. The van der Waals surface area contributed by atoms with Gasteiger partial charge in [-0.05, 0) is 24.1 Å². The summed E-state index contributed by atoms with van der Waals surface area (Å²) in [7, 11) is 0. The van der Waals surface area contributed by atoms with Gasteiger partial charge < -0.3 is 10.3 Å². The van der Waals surface area contributed by atoms with Gasteiger partial charge in [-0.3, -0.25) is 0 Å². The normalized spacial score (nSPS) is 12.6. The SMILES string of the molecule is CCC(NCc1cnc[nH]1)c1cccc(Cl)c1. The third-order valence-electron chi connectivity index (χ3n) is 2.75. The summed E-state index contributed by atoms with van der Waals surface area (Å²) in [4.78, 5) is 7.08. The predicted molar refractivity (Wildman–Crippen MR) is 69.9 cm³/mol. The van der Waals surface area contributed by atoms with E-state index in [0.717, 1.165) is 23.7 Å². The summed E-state index contributed by atoms with van der Waals surface area (Å²) in [6.07, 6.45) is 4.55. The first-order valence-corrected chi connectivity index (χ1v) is 6.13. The van der Waals surface area contributed by atoms with Crippen molar-refractivity contribution in [2.75, 3.05) is 0 Å². The molecule has 2 aromatic rings. The highest BCUT2D eigenvalue weighted by Crippen LogP contribution is 2.20. The van der Waals surface area contributed by atoms with Gasteiger partial charge in [0.15, 0.2) is 0 Å². The highest BCUT2D eigenvalue weighted by Gasteiger charge is 2.09. The molecule has 0 aliphatic carbocycles. The van der Waals surface area contributed by atoms with E-state index in [2.05, 4.69) is 28.3 Å². The van der Waals surface area contributed by atoms with Crippen LogP contribution in [-0.2, 0) is 6.54 Å². The van der Waals surface area contributed by atoms with Crippen LogP contribution in [0.2, 0.25) is 5.02 Å². The number of nitrogens with one attached hydrogen (secondary N) is 2. The third-order valence-corrected chi connectivity index (χ3v) is 2.99. The van der Waals surface area contributed by atoms with E-state index in [1.807, 2.05) is 24.4 Å². The highest BCUT2D eigenvalue weighted by atomic mass is 35.5. The number of imidazole rings is 1. The largest absolute Gasteiger partial charge is 0.347 e. The number of nitrogens with zero attached hydrogens (tertiary/aromatic N) is 1. The van der Waals surface area contributed by atoms with Crippen LogP contribution in [0.1, 0.15) is 30.6 Å². The van der Waals surface area contributed by atoms with Gasteiger partial charge in [-0.25, -0.2) is 4.98 Å². The topological polar surface area (TPSA) is 40.7 Å². The molecular formula is C13H16ClN3. The molecule has 0 aliphatic heterocycles. The molecule has 0 saturated heterocycles. The Morgan fingerprint density at radius 3 is 3.00 bits per heavy atom. The fourth-order valence-corrected chi connectivity index (χ4v) is 2.03. The first-order chi connectivity index (χ1) is 8.29. The number of hydrogen-bond donors (Lipinski definition) is 2. The maximum absolute atomic E-state index is 6.00. The molecule has 1 aromatic heterocycles. The van der Waals surface area contributed by atoms with Crippen molar-refractivity contribution in [3.8, 4) is 0 Å². The van der Waals surface area contributed by atoms with Gasteiger partial charge in [0.1, 0.15) is 0 Å². The summed E-state index contributed by atoms with van der Waals surface area (Å²) in [5, 5.41) is 4.27. The van der Waals surface area contributed by atoms with E-state index < -0.39 is 0 Å². The third kappa shape index (κ3) is 3.32. The molecule has 0 fully saturated rings. The summed E-state index contributed by atoms with van der Waals surface area (Å²) < 4.78 is 0. The zero-order chi connectivity index (χ0) is 12.1. The van der Waals surface area contributed by atoms with Crippen molar-refractivity contribution in [2.45, 2.75) is 25.9 Å². The Bertz CT molecular complexity index is 453. The number of halogens is 1. The molecule has 2 N–H and O–H groups in total. The second kappa shape index (κ2) is 5.84. The Hall–Kier alpha value is -1.32. The molecule has 3 nitrogen and oxygen atoms in total. The van der Waals surface area contributed by atoms with Crippen LogP contribution in [0, 0.1) is 0 Å². The zero-order valence-corrected chi connectivity index (χ0v) is 10.5. The maximum Gasteiger partial charge on any atom is 0.0922 e. The lowest BCUT2D eigenvalue weighted by molar-refractivity contribution is 0.515. The number of aromatic amines is 1. The van der Waals surface area contributed by atoms with Crippen LogP contribution in [0.4, 0.5) is 0 Å². The van der Waals surface area contributed by atoms with Crippen LogP contribution in [0.15, 0.2) is 36.8 Å². The molecule has 0 amide bonds. The smallest absolute Gasteiger partial charge is 0.0922 e. The molecule has 2 rings (SSSR count). The first kappa shape index (κ1) is 12.1. The second-order valence-corrected chi connectivity index (χ2v) is 4.41. The fraction of sp³-hybridized carbons (Fsp3) is 0.308. The van der Waals surface area contributed by atoms with Crippen LogP contribution in [0.3, 0.4) is 0 Å². The number of rotatable bonds is 5. The molecular weight excluding hydrogens is 234 g/mol. The number of benzene rings is 1. The quantitative estimate of drug-likeness (QED) is 0.854. The van der Waals surface area contributed by atoms with Gasteiger partial charge in [0.05, 0.1) is 6.33 Å². The first-order valence-electron chi connectivity index (χ1n) is 5.75. The van der Waals surface area contributed by atoms with E-state index >= 15 is 0 Å². The van der Waals surface area contributed by atoms with Crippen LogP contribution in [-0.4, -0.2) is 9.97 Å². The molecule has 0 bridgehead atoms. The van der Waals surface area contributed by atoms with Crippen LogP contribution in [0.25, 0.3) is 0 Å². The lowest BCUT2D eigenvalue weighted by Gasteiger charge is -2.17. The molecule has 1 atom stereocenters. The number of hydrogen-bond acceptors (Lipinski definition) is 2. The van der Waals surface area contributed by atoms with Gasteiger partial charge in [0.2, 0.25) is 0 Å². The maximum atomic E-state index is 6.00. The Morgan fingerprint density at radius 1 is 1.47 bits per heavy atom. The van der Waals surface area contributed by atoms with Gasteiger partial charge in [0.25, 0.3) is 0 Å². The monoisotopic (exact) mass is 249 g/mol. The number of aromatic nitrogens is 2. The molecule has 0 saturated carbocycles. The van der Waals surface area contributed by atoms with Gasteiger partial charge in [0, 0.05) is 29.5 Å². The van der Waals surface area contributed by atoms with Gasteiger partial charge in [-0.15, -0.1) is 0 Å². The van der Waals surface area contributed by atoms with E-state index in [0.29, 0.717) is 6.04 Å². The molecule has 0 spiro atoms. The van der Waals surface area contributed by atoms with Crippen molar-refractivity contribution < 1.29 is 0 Å². The summed E-state index contributed by atoms with van der Waals surface area (Å²) in [5.74, 6) is 0. The molecule has 1 aromatic carbocycles. The van der Waals surface area contributed by atoms with Crippen LogP contribution >= 0.6 is 11.6 Å². The number of H-pyrrole nitrogens is 1. The molecule has 4 heteroatoms. The summed E-state index contributed by atoms with van der Waals surface area (Å²) >= 11 is 6.00. The van der Waals surface area contributed by atoms with E-state index in [9.17, 15) is 0 Å². The van der Waals surface area contributed by atoms with Crippen molar-refractivity contribution in [2.24, 2.45) is 0 Å². The van der Waals surface area contributed by atoms with E-state index in [1.54, 1.807) is 6.33 Å². The highest BCUT2D eigenvalue weighted by molar-refractivity contribution is 6.30. The van der Waals surface area contributed by atoms with E-state index in [4.69, 9.17) is 11.6 Å². The van der Waals surface area contributed by atoms with Crippen molar-refractivity contribution in [1.29, 1.82) is 0 Å². The Balaban J connectivity index is 2.01. The zero-order valence-electron chi connectivity index (χ0n) is 9.78. The molecule has 1 unspecified atom stereocenters. The van der Waals surface area contributed by atoms with E-state index in [1.165, 1.54) is 5.56 Å². The average Bonchev–Trinajstić information content (AvgIpc) is 2.83. The second-order valence-electron chi connectivity index (χ2n) is 3.97. The minimum absolute atomic E-state index is 0.317. The van der Waals surface area contributed by atoms with Gasteiger partial charge in [-0.2, -0.15) is 0 Å². The van der Waals surface area contributed by atoms with Crippen LogP contribution < -0.4 is 5.32 Å². The average molecular weight is 250 g/mol. The Kier molecular flexibility index (Phi) is 4.18. The Labute approximate surface area is 106 Å². The lowest BCUT2D eigenvalue weighted by atomic mass is 10.0. The van der Waals surface area contributed by atoms with Crippen molar-refractivity contribution >= 4 is 11.6 Å². The summed E-state index contributed by atoms with van der Waals surface area (Å²) in [5.41, 5.74) is 2.31. The standard InChI is InChI=1S/C13H16ClN3/c1-2-13(10-4-3-5-11(14)6-10)16-8-12-7-15-9-17-12/h3-7,9,13,16H,2,8H2,1H3,(H,15,17). The molecule has 1 heterocycles. The molecule has 0 aliphatic rings. The minimum Gasteiger partial charge on any atom is -0.347 e. The van der Waals surface area contributed by atoms with Crippen molar-refractivity contribution in [3.63, 3.8) is 0 Å². The predicted octanol–water partition coefficient (Wildman–Crippen LogP) is 3.30. The summed E-state index contributed by atoms with van der Waals surface area (Å²) in [6, 6.07) is 8.30. The molecule has 90 valence electrons. The van der Waals surface area contributed by atoms with Gasteiger partial charge >= 0.3 is 0 Å². The van der Waals surface area contributed by atoms with Crippen molar-refractivity contribution in [3.05, 3.63) is 53.1 Å². The van der Waals surface area contributed by atoms with E-state index in [-0.39, 0.29) is 0 Å².